The van der Waals surface area contributed by atoms with Gasteiger partial charge >= 0.3 is 11.8 Å². The predicted molar refractivity (Wildman–Crippen MR) is 108 cm³/mol. The molecule has 4 aromatic rings. The van der Waals surface area contributed by atoms with E-state index in [1.54, 1.807) is 18.2 Å². The second-order valence-electron chi connectivity index (χ2n) is 7.02. The van der Waals surface area contributed by atoms with Gasteiger partial charge in [-0.1, -0.05) is 32.0 Å². The van der Waals surface area contributed by atoms with Crippen molar-refractivity contribution in [3.05, 3.63) is 64.0 Å². The molecule has 0 spiro atoms. The normalized spacial score (nSPS) is 12.3. The van der Waals surface area contributed by atoms with E-state index in [0.717, 1.165) is 23.0 Å². The molecule has 0 saturated heterocycles. The second-order valence-corrected chi connectivity index (χ2v) is 8.06. The number of nitrogens with zero attached hydrogens (tertiary/aromatic N) is 1. The molecule has 0 unspecified atom stereocenters. The number of benzene rings is 2. The molecular formula is C21H17F3N2O2S. The van der Waals surface area contributed by atoms with Crippen LogP contribution in [0.3, 0.4) is 0 Å². The highest BCUT2D eigenvalue weighted by molar-refractivity contribution is 7.21. The zero-order valence-electron chi connectivity index (χ0n) is 15.6. The first kappa shape index (κ1) is 19.6. The predicted octanol–water partition coefficient (Wildman–Crippen LogP) is 5.59. The molecule has 0 aliphatic carbocycles. The molecule has 4 rings (SSSR count). The summed E-state index contributed by atoms with van der Waals surface area (Å²) in [4.78, 5) is 16.6. The molecule has 8 heteroatoms. The summed E-state index contributed by atoms with van der Waals surface area (Å²) in [6.45, 7) is 4.71. The minimum atomic E-state index is -4.51. The SMILES string of the molecule is CC(C)NCc1ccc2cc(-c3nc4c(C(F)(F)F)cccc4s3)c(=O)oc2c1. The van der Waals surface area contributed by atoms with Gasteiger partial charge in [0, 0.05) is 18.0 Å². The minimum Gasteiger partial charge on any atom is -0.422 e. The highest BCUT2D eigenvalue weighted by atomic mass is 32.1. The van der Waals surface area contributed by atoms with Gasteiger partial charge in [-0.25, -0.2) is 9.78 Å². The van der Waals surface area contributed by atoms with Crippen LogP contribution in [-0.2, 0) is 12.7 Å². The van der Waals surface area contributed by atoms with Gasteiger partial charge in [0.1, 0.15) is 10.6 Å². The Morgan fingerprint density at radius 2 is 1.97 bits per heavy atom. The molecule has 0 bridgehead atoms. The number of nitrogens with one attached hydrogen (secondary N) is 1. The van der Waals surface area contributed by atoms with Crippen molar-refractivity contribution in [3.63, 3.8) is 0 Å². The largest absolute Gasteiger partial charge is 0.422 e. The molecule has 0 radical (unpaired) electrons. The summed E-state index contributed by atoms with van der Waals surface area (Å²) < 4.78 is 45.6. The average Bonchev–Trinajstić information content (AvgIpc) is 3.08. The molecule has 0 saturated carbocycles. The van der Waals surface area contributed by atoms with Gasteiger partial charge < -0.3 is 9.73 Å². The summed E-state index contributed by atoms with van der Waals surface area (Å²) in [6, 6.07) is 11.4. The van der Waals surface area contributed by atoms with Crippen LogP contribution in [-0.4, -0.2) is 11.0 Å². The molecule has 0 amide bonds. The van der Waals surface area contributed by atoms with Crippen LogP contribution in [0.25, 0.3) is 31.8 Å². The fraction of sp³-hybridized carbons (Fsp3) is 0.238. The molecule has 29 heavy (non-hydrogen) atoms. The quantitative estimate of drug-likeness (QED) is 0.439. The number of halogens is 3. The number of fused-ring (bicyclic) bond motifs is 2. The highest BCUT2D eigenvalue weighted by Gasteiger charge is 2.34. The maximum atomic E-state index is 13.2. The zero-order chi connectivity index (χ0) is 20.8. The lowest BCUT2D eigenvalue weighted by molar-refractivity contribution is -0.136. The summed E-state index contributed by atoms with van der Waals surface area (Å²) >= 11 is 1.04. The third-order valence-electron chi connectivity index (χ3n) is 4.47. The van der Waals surface area contributed by atoms with Gasteiger partial charge in [0.25, 0.3) is 0 Å². The number of hydrogen-bond donors (Lipinski definition) is 1. The van der Waals surface area contributed by atoms with Crippen LogP contribution in [0.5, 0.6) is 0 Å². The van der Waals surface area contributed by atoms with Crippen molar-refractivity contribution in [2.45, 2.75) is 32.6 Å². The lowest BCUT2D eigenvalue weighted by atomic mass is 10.1. The number of para-hydroxylation sites is 1. The average molecular weight is 418 g/mol. The van der Waals surface area contributed by atoms with Crippen molar-refractivity contribution < 1.29 is 17.6 Å². The van der Waals surface area contributed by atoms with Crippen LogP contribution in [0.4, 0.5) is 13.2 Å². The molecule has 1 N–H and O–H groups in total. The highest BCUT2D eigenvalue weighted by Crippen LogP contribution is 2.38. The summed E-state index contributed by atoms with van der Waals surface area (Å²) in [5, 5.41) is 4.18. The third-order valence-corrected chi connectivity index (χ3v) is 5.52. The van der Waals surface area contributed by atoms with Crippen molar-refractivity contribution in [2.75, 3.05) is 0 Å². The van der Waals surface area contributed by atoms with Crippen LogP contribution >= 0.6 is 11.3 Å². The van der Waals surface area contributed by atoms with Crippen molar-refractivity contribution in [1.29, 1.82) is 0 Å². The Morgan fingerprint density at radius 3 is 2.69 bits per heavy atom. The number of thiazole rings is 1. The smallest absolute Gasteiger partial charge is 0.418 e. The Morgan fingerprint density at radius 1 is 1.17 bits per heavy atom. The topological polar surface area (TPSA) is 55.1 Å². The van der Waals surface area contributed by atoms with Crippen LogP contribution in [0.1, 0.15) is 25.0 Å². The zero-order valence-corrected chi connectivity index (χ0v) is 16.4. The molecule has 2 aromatic heterocycles. The van der Waals surface area contributed by atoms with Crippen LogP contribution in [0, 0.1) is 0 Å². The van der Waals surface area contributed by atoms with Gasteiger partial charge in [0.2, 0.25) is 0 Å². The molecule has 2 aromatic carbocycles. The van der Waals surface area contributed by atoms with E-state index in [-0.39, 0.29) is 16.1 Å². The monoisotopic (exact) mass is 418 g/mol. The van der Waals surface area contributed by atoms with E-state index < -0.39 is 17.4 Å². The summed E-state index contributed by atoms with van der Waals surface area (Å²) in [7, 11) is 0. The fourth-order valence-corrected chi connectivity index (χ4v) is 4.03. The summed E-state index contributed by atoms with van der Waals surface area (Å²) in [5.74, 6) is 0. The van der Waals surface area contributed by atoms with E-state index in [1.807, 2.05) is 26.0 Å². The summed E-state index contributed by atoms with van der Waals surface area (Å²) in [5.41, 5.74) is -0.0469. The van der Waals surface area contributed by atoms with Crippen LogP contribution in [0.2, 0.25) is 0 Å². The van der Waals surface area contributed by atoms with Crippen LogP contribution in [0.15, 0.2) is 51.7 Å². The van der Waals surface area contributed by atoms with Crippen LogP contribution < -0.4 is 10.9 Å². The van der Waals surface area contributed by atoms with E-state index in [2.05, 4.69) is 10.3 Å². The Labute approximate surface area is 168 Å². The Kier molecular flexibility index (Phi) is 4.92. The van der Waals surface area contributed by atoms with Gasteiger partial charge in [0.05, 0.1) is 21.3 Å². The number of alkyl halides is 3. The molecular weight excluding hydrogens is 401 g/mol. The maximum Gasteiger partial charge on any atom is 0.418 e. The van der Waals surface area contributed by atoms with Crippen molar-refractivity contribution in [2.24, 2.45) is 0 Å². The lowest BCUT2D eigenvalue weighted by Crippen LogP contribution is -2.21. The fourth-order valence-electron chi connectivity index (χ4n) is 3.03. The summed E-state index contributed by atoms with van der Waals surface area (Å²) in [6.07, 6.45) is -4.51. The van der Waals surface area contributed by atoms with Gasteiger partial charge in [-0.2, -0.15) is 13.2 Å². The Balaban J connectivity index is 1.79. The second kappa shape index (κ2) is 7.27. The van der Waals surface area contributed by atoms with E-state index in [4.69, 9.17) is 4.42 Å². The van der Waals surface area contributed by atoms with E-state index >= 15 is 0 Å². The van der Waals surface area contributed by atoms with E-state index in [0.29, 0.717) is 28.3 Å². The molecule has 0 aliphatic heterocycles. The first-order valence-electron chi connectivity index (χ1n) is 8.99. The van der Waals surface area contributed by atoms with Gasteiger partial charge in [-0.15, -0.1) is 11.3 Å². The number of aromatic nitrogens is 1. The number of rotatable bonds is 4. The molecule has 0 atom stereocenters. The molecule has 150 valence electrons. The van der Waals surface area contributed by atoms with Crippen molar-refractivity contribution in [3.8, 4) is 10.6 Å². The lowest BCUT2D eigenvalue weighted by Gasteiger charge is -2.08. The van der Waals surface area contributed by atoms with Gasteiger partial charge in [-0.3, -0.25) is 0 Å². The Bertz CT molecular complexity index is 1260. The van der Waals surface area contributed by atoms with Crippen molar-refractivity contribution >= 4 is 32.5 Å². The first-order valence-corrected chi connectivity index (χ1v) is 9.81. The molecule has 4 nitrogen and oxygen atoms in total. The molecule has 2 heterocycles. The standard InChI is InChI=1S/C21H17F3N2O2S/c1-11(2)25-10-12-6-7-13-9-14(20(27)28-16(13)8-12)19-26-18-15(21(22,23)24)4-3-5-17(18)29-19/h3-9,11,25H,10H2,1-2H3. The molecule has 0 aliphatic rings. The van der Waals surface area contributed by atoms with Gasteiger partial charge in [-0.05, 0) is 29.8 Å². The van der Waals surface area contributed by atoms with Crippen molar-refractivity contribution in [1.82, 2.24) is 10.3 Å². The van der Waals surface area contributed by atoms with Gasteiger partial charge in [0.15, 0.2) is 0 Å². The third kappa shape index (κ3) is 3.90. The molecule has 0 fully saturated rings. The minimum absolute atomic E-state index is 0.153. The first-order chi connectivity index (χ1) is 13.7. The van der Waals surface area contributed by atoms with E-state index in [1.165, 1.54) is 6.07 Å². The van der Waals surface area contributed by atoms with E-state index in [9.17, 15) is 18.0 Å². The maximum absolute atomic E-state index is 13.2. The Hall–Kier alpha value is -2.71. The number of hydrogen-bond acceptors (Lipinski definition) is 5.